The van der Waals surface area contributed by atoms with Crippen LogP contribution < -0.4 is 0 Å². The third-order valence-corrected chi connectivity index (χ3v) is 1.55. The molecule has 0 radical (unpaired) electrons. The van der Waals surface area contributed by atoms with Crippen molar-refractivity contribution in [3.8, 4) is 0 Å². The summed E-state index contributed by atoms with van der Waals surface area (Å²) < 4.78 is 0. The summed E-state index contributed by atoms with van der Waals surface area (Å²) in [6.45, 7) is 4.15. The number of hydrogen-bond donors (Lipinski definition) is 0. The fraction of sp³-hybridized carbons (Fsp3) is 0.333. The van der Waals surface area contributed by atoms with Gasteiger partial charge in [-0.1, -0.05) is 37.3 Å². The first kappa shape index (κ1) is 9.57. The predicted octanol–water partition coefficient (Wildman–Crippen LogP) is 3.39. The highest BCUT2D eigenvalue weighted by Crippen LogP contribution is 1.99. The number of rotatable bonds is 4. The van der Waals surface area contributed by atoms with Crippen LogP contribution in [0.15, 0.2) is 35.8 Å². The van der Waals surface area contributed by atoms with E-state index in [0.717, 1.165) is 5.75 Å². The van der Waals surface area contributed by atoms with Crippen molar-refractivity contribution in [2.75, 3.05) is 5.75 Å². The van der Waals surface area contributed by atoms with Crippen LogP contribution in [-0.2, 0) is 0 Å². The molecule has 0 N–H and O–H groups in total. The molecule has 0 amide bonds. The summed E-state index contributed by atoms with van der Waals surface area (Å²) in [5.74, 6) is 1.15. The van der Waals surface area contributed by atoms with Crippen LogP contribution in [0.1, 0.15) is 13.8 Å². The summed E-state index contributed by atoms with van der Waals surface area (Å²) in [5, 5.41) is 2.10. The Labute approximate surface area is 67.7 Å². The summed E-state index contributed by atoms with van der Waals surface area (Å²) in [6.07, 6.45) is 10.1. The molecule has 1 heteroatoms. The minimum atomic E-state index is 1.15. The van der Waals surface area contributed by atoms with Crippen LogP contribution in [0.3, 0.4) is 0 Å². The summed E-state index contributed by atoms with van der Waals surface area (Å²) >= 11 is 1.81. The van der Waals surface area contributed by atoms with E-state index < -0.39 is 0 Å². The van der Waals surface area contributed by atoms with Gasteiger partial charge in [-0.15, -0.1) is 11.8 Å². The highest BCUT2D eigenvalue weighted by atomic mass is 32.2. The third-order valence-electron chi connectivity index (χ3n) is 0.867. The van der Waals surface area contributed by atoms with Crippen molar-refractivity contribution in [1.82, 2.24) is 0 Å². The van der Waals surface area contributed by atoms with E-state index in [0.29, 0.717) is 0 Å². The summed E-state index contributed by atoms with van der Waals surface area (Å²) in [6, 6.07) is 0. The molecule has 0 bridgehead atoms. The second-order valence-corrected chi connectivity index (χ2v) is 2.88. The lowest BCUT2D eigenvalue weighted by Crippen LogP contribution is -1.55. The fourth-order valence-corrected chi connectivity index (χ4v) is 0.831. The zero-order valence-electron chi connectivity index (χ0n) is 6.58. The average Bonchev–Trinajstić information content (AvgIpc) is 1.97. The zero-order valence-corrected chi connectivity index (χ0v) is 7.40. The molecule has 0 aromatic heterocycles. The molecule has 0 nitrogen and oxygen atoms in total. The maximum Gasteiger partial charge on any atom is -0.00544 e. The lowest BCUT2D eigenvalue weighted by molar-refractivity contribution is 1.54. The Balaban J connectivity index is 3.32. The Morgan fingerprint density at radius 3 is 2.40 bits per heavy atom. The SMILES string of the molecule is C\C=C/C=C\C=C\SCC. The monoisotopic (exact) mass is 154 g/mol. The Morgan fingerprint density at radius 1 is 1.10 bits per heavy atom. The topological polar surface area (TPSA) is 0 Å². The van der Waals surface area contributed by atoms with Gasteiger partial charge in [0.15, 0.2) is 0 Å². The second kappa shape index (κ2) is 8.57. The number of hydrogen-bond acceptors (Lipinski definition) is 1. The van der Waals surface area contributed by atoms with Gasteiger partial charge in [0.05, 0.1) is 0 Å². The quantitative estimate of drug-likeness (QED) is 0.559. The Kier molecular flexibility index (Phi) is 8.20. The zero-order chi connectivity index (χ0) is 7.66. The lowest BCUT2D eigenvalue weighted by atomic mass is 10.4. The van der Waals surface area contributed by atoms with E-state index in [9.17, 15) is 0 Å². The lowest BCUT2D eigenvalue weighted by Gasteiger charge is -1.79. The van der Waals surface area contributed by atoms with Crippen LogP contribution in [0.2, 0.25) is 0 Å². The van der Waals surface area contributed by atoms with Gasteiger partial charge in [-0.05, 0) is 18.1 Å². The van der Waals surface area contributed by atoms with E-state index >= 15 is 0 Å². The normalized spacial score (nSPS) is 12.6. The van der Waals surface area contributed by atoms with Crippen LogP contribution in [0, 0.1) is 0 Å². The Hall–Kier alpha value is -0.430. The third kappa shape index (κ3) is 7.57. The van der Waals surface area contributed by atoms with Gasteiger partial charge in [0, 0.05) is 0 Å². The summed E-state index contributed by atoms with van der Waals surface area (Å²) in [4.78, 5) is 0. The van der Waals surface area contributed by atoms with E-state index in [1.54, 1.807) is 0 Å². The van der Waals surface area contributed by atoms with Crippen LogP contribution >= 0.6 is 11.8 Å². The van der Waals surface area contributed by atoms with Crippen molar-refractivity contribution < 1.29 is 0 Å². The molecule has 56 valence electrons. The van der Waals surface area contributed by atoms with Gasteiger partial charge < -0.3 is 0 Å². The molecule has 10 heavy (non-hydrogen) atoms. The van der Waals surface area contributed by atoms with Crippen molar-refractivity contribution in [2.45, 2.75) is 13.8 Å². The van der Waals surface area contributed by atoms with Crippen molar-refractivity contribution in [3.63, 3.8) is 0 Å². The molecular formula is C9H14S. The van der Waals surface area contributed by atoms with Crippen LogP contribution in [0.4, 0.5) is 0 Å². The first-order chi connectivity index (χ1) is 4.91. The van der Waals surface area contributed by atoms with E-state index in [1.165, 1.54) is 0 Å². The van der Waals surface area contributed by atoms with Crippen molar-refractivity contribution in [2.24, 2.45) is 0 Å². The standard InChI is InChI=1S/C9H14S/c1-3-5-6-7-8-9-10-4-2/h3,5-9H,4H2,1-2H3/b5-3-,7-6-,9-8+. The first-order valence-electron chi connectivity index (χ1n) is 3.48. The molecule has 0 spiro atoms. The predicted molar refractivity (Wildman–Crippen MR) is 51.2 cm³/mol. The molecule has 0 saturated carbocycles. The average molecular weight is 154 g/mol. The Bertz CT molecular complexity index is 132. The minimum Gasteiger partial charge on any atom is -0.134 e. The molecule has 0 rings (SSSR count). The van der Waals surface area contributed by atoms with Crippen LogP contribution in [-0.4, -0.2) is 5.75 Å². The van der Waals surface area contributed by atoms with Crippen molar-refractivity contribution in [1.29, 1.82) is 0 Å². The second-order valence-electron chi connectivity index (χ2n) is 1.69. The molecule has 0 aromatic carbocycles. The van der Waals surface area contributed by atoms with Crippen LogP contribution in [0.5, 0.6) is 0 Å². The van der Waals surface area contributed by atoms with Crippen molar-refractivity contribution in [3.05, 3.63) is 35.8 Å². The smallest absolute Gasteiger partial charge is 0.00544 e. The maximum absolute atomic E-state index is 2.14. The molecule has 0 saturated heterocycles. The molecule has 0 aliphatic rings. The Morgan fingerprint density at radius 2 is 1.80 bits per heavy atom. The molecule has 0 unspecified atom stereocenters. The molecule has 0 atom stereocenters. The van der Waals surface area contributed by atoms with Gasteiger partial charge in [0.2, 0.25) is 0 Å². The number of allylic oxidation sites excluding steroid dienone is 5. The van der Waals surface area contributed by atoms with Gasteiger partial charge in [0.1, 0.15) is 0 Å². The molecule has 0 heterocycles. The van der Waals surface area contributed by atoms with Gasteiger partial charge in [0.25, 0.3) is 0 Å². The van der Waals surface area contributed by atoms with E-state index in [4.69, 9.17) is 0 Å². The summed E-state index contributed by atoms with van der Waals surface area (Å²) in [5.41, 5.74) is 0. The highest BCUT2D eigenvalue weighted by molar-refractivity contribution is 8.02. The van der Waals surface area contributed by atoms with Gasteiger partial charge >= 0.3 is 0 Å². The molecule has 0 aliphatic heterocycles. The first-order valence-corrected chi connectivity index (χ1v) is 4.52. The highest BCUT2D eigenvalue weighted by Gasteiger charge is 1.67. The van der Waals surface area contributed by atoms with E-state index in [1.807, 2.05) is 49.1 Å². The largest absolute Gasteiger partial charge is 0.134 e. The van der Waals surface area contributed by atoms with E-state index in [-0.39, 0.29) is 0 Å². The number of thioether (sulfide) groups is 1. The van der Waals surface area contributed by atoms with E-state index in [2.05, 4.69) is 12.3 Å². The maximum atomic E-state index is 2.14. The molecule has 0 aliphatic carbocycles. The molecular weight excluding hydrogens is 140 g/mol. The van der Waals surface area contributed by atoms with Crippen molar-refractivity contribution >= 4 is 11.8 Å². The van der Waals surface area contributed by atoms with Crippen LogP contribution in [0.25, 0.3) is 0 Å². The molecule has 0 aromatic rings. The summed E-state index contributed by atoms with van der Waals surface area (Å²) in [7, 11) is 0. The van der Waals surface area contributed by atoms with Gasteiger partial charge in [-0.3, -0.25) is 0 Å². The fourth-order valence-electron chi connectivity index (χ4n) is 0.437. The van der Waals surface area contributed by atoms with Gasteiger partial charge in [-0.25, -0.2) is 0 Å². The molecule has 0 fully saturated rings. The minimum absolute atomic E-state index is 1.15. The van der Waals surface area contributed by atoms with Gasteiger partial charge in [-0.2, -0.15) is 0 Å².